The number of fused-ring (bicyclic) bond motifs is 3. The summed E-state index contributed by atoms with van der Waals surface area (Å²) < 4.78 is 7.66. The molecule has 1 aromatic heterocycles. The van der Waals surface area contributed by atoms with Crippen LogP contribution >= 0.6 is 11.6 Å². The molecule has 0 N–H and O–H groups in total. The number of ether oxygens (including phenoxy) is 1. The van der Waals surface area contributed by atoms with Crippen molar-refractivity contribution in [3.05, 3.63) is 50.8 Å². The minimum Gasteiger partial charge on any atom is -0.494 e. The van der Waals surface area contributed by atoms with Crippen molar-refractivity contribution < 1.29 is 4.74 Å². The molecule has 3 rings (SSSR count). The summed E-state index contributed by atoms with van der Waals surface area (Å²) in [5.41, 5.74) is 4.35. The Bertz CT molecular complexity index is 780. The van der Waals surface area contributed by atoms with E-state index in [-0.39, 0.29) is 5.56 Å². The lowest BCUT2D eigenvalue weighted by molar-refractivity contribution is 0.309. The summed E-state index contributed by atoms with van der Waals surface area (Å²) in [5.74, 6) is 0.910. The van der Waals surface area contributed by atoms with Gasteiger partial charge in [0.2, 0.25) is 0 Å². The third-order valence-corrected chi connectivity index (χ3v) is 4.75. The van der Waals surface area contributed by atoms with Gasteiger partial charge >= 0.3 is 0 Å². The Hall–Kier alpha value is -1.74. The Morgan fingerprint density at radius 2 is 2.09 bits per heavy atom. The van der Waals surface area contributed by atoms with E-state index in [1.807, 2.05) is 10.6 Å². The van der Waals surface area contributed by atoms with Gasteiger partial charge in [-0.2, -0.15) is 0 Å². The van der Waals surface area contributed by atoms with Gasteiger partial charge in [0.25, 0.3) is 5.56 Å². The maximum atomic E-state index is 12.3. The van der Waals surface area contributed by atoms with E-state index in [1.54, 1.807) is 0 Å². The molecule has 0 saturated heterocycles. The second kappa shape index (κ2) is 6.79. The minimum absolute atomic E-state index is 0.0175. The van der Waals surface area contributed by atoms with Crippen LogP contribution in [0.15, 0.2) is 29.1 Å². The van der Waals surface area contributed by atoms with Gasteiger partial charge in [-0.15, -0.1) is 0 Å². The molecule has 23 heavy (non-hydrogen) atoms. The summed E-state index contributed by atoms with van der Waals surface area (Å²) >= 11 is 6.31. The normalized spacial score (nSPS) is 12.7. The number of halogens is 1. The molecule has 4 heteroatoms. The van der Waals surface area contributed by atoms with Crippen molar-refractivity contribution in [1.82, 2.24) is 4.57 Å². The molecule has 0 atom stereocenters. The fraction of sp³-hybridized carbons (Fsp3) is 0.421. The van der Waals surface area contributed by atoms with E-state index in [9.17, 15) is 4.79 Å². The van der Waals surface area contributed by atoms with Crippen LogP contribution in [0, 0.1) is 0 Å². The topological polar surface area (TPSA) is 31.2 Å². The smallest absolute Gasteiger partial charge is 0.252 e. The average Bonchev–Trinajstić information content (AvgIpc) is 2.55. The lowest BCUT2D eigenvalue weighted by Crippen LogP contribution is -2.27. The minimum atomic E-state index is -0.0175. The summed E-state index contributed by atoms with van der Waals surface area (Å²) in [7, 11) is 0. The number of nitrogens with zero attached hydrogens (tertiary/aromatic N) is 1. The van der Waals surface area contributed by atoms with Crippen LogP contribution in [-0.2, 0) is 19.4 Å². The van der Waals surface area contributed by atoms with E-state index in [0.717, 1.165) is 54.9 Å². The van der Waals surface area contributed by atoms with Gasteiger partial charge in [-0.05, 0) is 48.6 Å². The van der Waals surface area contributed by atoms with Crippen molar-refractivity contribution in [3.63, 3.8) is 0 Å². The lowest BCUT2D eigenvalue weighted by Gasteiger charge is -2.25. The van der Waals surface area contributed by atoms with Crippen LogP contribution in [0.25, 0.3) is 11.3 Å². The molecule has 0 bridgehead atoms. The number of benzene rings is 1. The summed E-state index contributed by atoms with van der Waals surface area (Å²) in [6.45, 7) is 5.67. The van der Waals surface area contributed by atoms with E-state index in [2.05, 4.69) is 26.0 Å². The number of unbranched alkanes of at least 4 members (excludes halogenated alkanes) is 1. The van der Waals surface area contributed by atoms with Crippen LogP contribution in [0.2, 0.25) is 5.02 Å². The molecule has 1 aromatic carbocycles. The molecule has 3 nitrogen and oxygen atoms in total. The van der Waals surface area contributed by atoms with Crippen molar-refractivity contribution in [2.24, 2.45) is 0 Å². The van der Waals surface area contributed by atoms with E-state index in [1.165, 1.54) is 11.6 Å². The number of aromatic nitrogens is 1. The average molecular weight is 332 g/mol. The largest absolute Gasteiger partial charge is 0.494 e. The summed E-state index contributed by atoms with van der Waals surface area (Å²) in [4.78, 5) is 12.3. The van der Waals surface area contributed by atoms with Gasteiger partial charge in [0.1, 0.15) is 5.75 Å². The molecule has 2 aromatic rings. The second-order valence-corrected chi connectivity index (χ2v) is 6.34. The quantitative estimate of drug-likeness (QED) is 0.757. The maximum absolute atomic E-state index is 12.3. The predicted molar refractivity (Wildman–Crippen MR) is 94.6 cm³/mol. The van der Waals surface area contributed by atoms with E-state index >= 15 is 0 Å². The molecule has 122 valence electrons. The zero-order chi connectivity index (χ0) is 16.4. The Balaban J connectivity index is 2.05. The number of aryl methyl sites for hydroxylation is 1. The maximum Gasteiger partial charge on any atom is 0.252 e. The zero-order valence-electron chi connectivity index (χ0n) is 13.7. The lowest BCUT2D eigenvalue weighted by atomic mass is 9.93. The molecular weight excluding hydrogens is 310 g/mol. The molecule has 0 radical (unpaired) electrons. The highest BCUT2D eigenvalue weighted by atomic mass is 35.5. The number of rotatable bonds is 5. The molecule has 1 aliphatic rings. The first-order chi connectivity index (χ1) is 11.2. The highest BCUT2D eigenvalue weighted by Gasteiger charge is 2.22. The molecule has 0 unspecified atom stereocenters. The van der Waals surface area contributed by atoms with E-state index in [4.69, 9.17) is 16.3 Å². The predicted octanol–water partition coefficient (Wildman–Crippen LogP) is 4.47. The summed E-state index contributed by atoms with van der Waals surface area (Å²) in [6.07, 6.45) is 3.84. The van der Waals surface area contributed by atoms with Gasteiger partial charge < -0.3 is 9.30 Å². The highest BCUT2D eigenvalue weighted by molar-refractivity contribution is 6.31. The second-order valence-electron chi connectivity index (χ2n) is 5.93. The molecule has 0 spiro atoms. The molecule has 0 saturated carbocycles. The molecular formula is C19H22ClNO2. The van der Waals surface area contributed by atoms with Gasteiger partial charge in [-0.1, -0.05) is 31.9 Å². The van der Waals surface area contributed by atoms with Crippen molar-refractivity contribution in [2.75, 3.05) is 6.61 Å². The van der Waals surface area contributed by atoms with Gasteiger partial charge in [0, 0.05) is 18.2 Å². The Morgan fingerprint density at radius 1 is 1.26 bits per heavy atom. The third kappa shape index (κ3) is 3.02. The molecule has 2 heterocycles. The fourth-order valence-corrected chi connectivity index (χ4v) is 3.51. The summed E-state index contributed by atoms with van der Waals surface area (Å²) in [5, 5.41) is 0.569. The number of hydrogen-bond donors (Lipinski definition) is 0. The highest BCUT2D eigenvalue weighted by Crippen LogP contribution is 2.35. The Labute approximate surface area is 141 Å². The Kier molecular flexibility index (Phi) is 4.76. The van der Waals surface area contributed by atoms with Crippen molar-refractivity contribution in [2.45, 2.75) is 46.1 Å². The van der Waals surface area contributed by atoms with Crippen molar-refractivity contribution in [1.29, 1.82) is 0 Å². The van der Waals surface area contributed by atoms with Gasteiger partial charge in [0.05, 0.1) is 17.3 Å². The van der Waals surface area contributed by atoms with Crippen LogP contribution < -0.4 is 10.3 Å². The van der Waals surface area contributed by atoms with Crippen LogP contribution in [-0.4, -0.2) is 11.2 Å². The first-order valence-electron chi connectivity index (χ1n) is 8.34. The van der Waals surface area contributed by atoms with Crippen LogP contribution in [0.5, 0.6) is 5.75 Å². The van der Waals surface area contributed by atoms with E-state index in [0.29, 0.717) is 11.6 Å². The SMILES string of the molecule is CCCCOc1ccc2c(c1)CCn1c-2c(CC)c(Cl)cc1=O. The fourth-order valence-electron chi connectivity index (χ4n) is 3.19. The monoisotopic (exact) mass is 331 g/mol. The first kappa shape index (κ1) is 16.1. The van der Waals surface area contributed by atoms with Gasteiger partial charge in [-0.3, -0.25) is 4.79 Å². The molecule has 0 aliphatic carbocycles. The third-order valence-electron chi connectivity index (χ3n) is 4.42. The molecule has 1 aliphatic heterocycles. The molecule has 0 fully saturated rings. The number of pyridine rings is 1. The van der Waals surface area contributed by atoms with Crippen LogP contribution in [0.3, 0.4) is 0 Å². The standard InChI is InChI=1S/C19H22ClNO2/c1-3-5-10-23-14-6-7-16-13(11-14)8-9-21-18(22)12-17(20)15(4-2)19(16)21/h6-7,11-12H,3-5,8-10H2,1-2H3. The van der Waals surface area contributed by atoms with Crippen LogP contribution in [0.4, 0.5) is 0 Å². The zero-order valence-corrected chi connectivity index (χ0v) is 14.4. The summed E-state index contributed by atoms with van der Waals surface area (Å²) in [6, 6.07) is 7.71. The van der Waals surface area contributed by atoms with Crippen molar-refractivity contribution in [3.8, 4) is 17.0 Å². The molecule has 0 amide bonds. The van der Waals surface area contributed by atoms with Gasteiger partial charge in [0.15, 0.2) is 0 Å². The number of hydrogen-bond acceptors (Lipinski definition) is 2. The van der Waals surface area contributed by atoms with Crippen molar-refractivity contribution >= 4 is 11.6 Å². The Morgan fingerprint density at radius 3 is 2.83 bits per heavy atom. The van der Waals surface area contributed by atoms with E-state index < -0.39 is 0 Å². The van der Waals surface area contributed by atoms with Gasteiger partial charge in [-0.25, -0.2) is 0 Å². The van der Waals surface area contributed by atoms with Crippen LogP contribution in [0.1, 0.15) is 37.8 Å². The first-order valence-corrected chi connectivity index (χ1v) is 8.71.